The van der Waals surface area contributed by atoms with Crippen LogP contribution in [0.2, 0.25) is 0 Å². The molecule has 1 aromatic heterocycles. The molecule has 2 aromatic rings. The minimum Gasteiger partial charge on any atom is -0.398 e. The van der Waals surface area contributed by atoms with E-state index in [4.69, 9.17) is 11.5 Å². The Morgan fingerprint density at radius 1 is 1.40 bits per heavy atom. The molecule has 0 bridgehead atoms. The van der Waals surface area contributed by atoms with Gasteiger partial charge in [0.15, 0.2) is 0 Å². The number of primary amides is 1. The van der Waals surface area contributed by atoms with Crippen molar-refractivity contribution in [2.24, 2.45) is 5.73 Å². The van der Waals surface area contributed by atoms with Gasteiger partial charge < -0.3 is 16.8 Å². The molecule has 7 nitrogen and oxygen atoms in total. The van der Waals surface area contributed by atoms with Crippen LogP contribution in [0.4, 0.5) is 11.4 Å². The van der Waals surface area contributed by atoms with Crippen molar-refractivity contribution in [3.8, 4) is 0 Å². The van der Waals surface area contributed by atoms with Crippen molar-refractivity contribution < 1.29 is 9.59 Å². The summed E-state index contributed by atoms with van der Waals surface area (Å²) in [6.07, 6.45) is 2.96. The Hall–Kier alpha value is -2.35. The minimum atomic E-state index is -0.506. The number of nitrogens with one attached hydrogen (secondary N) is 1. The molecule has 0 radical (unpaired) electrons. The van der Waals surface area contributed by atoms with Crippen molar-refractivity contribution in [1.29, 1.82) is 0 Å². The molecule has 1 aromatic carbocycles. The van der Waals surface area contributed by atoms with E-state index < -0.39 is 5.91 Å². The molecule has 0 atom stereocenters. The SMILES string of the molecule is NC(=O)Cn1cc(NC(=O)c2ccc(N)c(Br)c2)cn1. The summed E-state index contributed by atoms with van der Waals surface area (Å²) in [5.74, 6) is -0.808. The lowest BCUT2D eigenvalue weighted by Crippen LogP contribution is -2.18. The molecule has 5 N–H and O–H groups in total. The van der Waals surface area contributed by atoms with Crippen molar-refractivity contribution in [3.63, 3.8) is 0 Å². The van der Waals surface area contributed by atoms with Gasteiger partial charge in [0.1, 0.15) is 6.54 Å². The molecule has 2 amide bonds. The van der Waals surface area contributed by atoms with Crippen molar-refractivity contribution in [2.45, 2.75) is 6.54 Å². The fourth-order valence-electron chi connectivity index (χ4n) is 1.55. The molecule has 0 unspecified atom stereocenters. The first-order valence-corrected chi connectivity index (χ1v) is 6.42. The van der Waals surface area contributed by atoms with Gasteiger partial charge >= 0.3 is 0 Å². The maximum absolute atomic E-state index is 12.0. The topological polar surface area (TPSA) is 116 Å². The van der Waals surface area contributed by atoms with E-state index in [2.05, 4.69) is 26.3 Å². The third-order valence-corrected chi connectivity index (χ3v) is 3.16. The molecule has 2 rings (SSSR count). The fourth-order valence-corrected chi connectivity index (χ4v) is 1.92. The van der Waals surface area contributed by atoms with Crippen LogP contribution in [0.15, 0.2) is 35.1 Å². The third-order valence-electron chi connectivity index (χ3n) is 2.47. The lowest BCUT2D eigenvalue weighted by molar-refractivity contribution is -0.118. The Kier molecular flexibility index (Phi) is 4.04. The monoisotopic (exact) mass is 337 g/mol. The quantitative estimate of drug-likeness (QED) is 0.720. The van der Waals surface area contributed by atoms with Crippen LogP contribution in [-0.4, -0.2) is 21.6 Å². The first-order valence-electron chi connectivity index (χ1n) is 5.63. The second kappa shape index (κ2) is 5.74. The normalized spacial score (nSPS) is 10.2. The largest absolute Gasteiger partial charge is 0.398 e. The lowest BCUT2D eigenvalue weighted by atomic mass is 10.2. The van der Waals surface area contributed by atoms with Crippen molar-refractivity contribution in [2.75, 3.05) is 11.1 Å². The van der Waals surface area contributed by atoms with Gasteiger partial charge in [-0.2, -0.15) is 5.10 Å². The average Bonchev–Trinajstić information content (AvgIpc) is 2.79. The van der Waals surface area contributed by atoms with Crippen LogP contribution in [0, 0.1) is 0 Å². The molecule has 0 aliphatic rings. The fraction of sp³-hybridized carbons (Fsp3) is 0.0833. The second-order valence-electron chi connectivity index (χ2n) is 4.08. The number of hydrogen-bond acceptors (Lipinski definition) is 4. The zero-order valence-corrected chi connectivity index (χ0v) is 11.9. The summed E-state index contributed by atoms with van der Waals surface area (Å²) in [6.45, 7) is -0.0384. The predicted octanol–water partition coefficient (Wildman–Crippen LogP) is 0.965. The average molecular weight is 338 g/mol. The van der Waals surface area contributed by atoms with Crippen molar-refractivity contribution in [1.82, 2.24) is 9.78 Å². The number of hydrogen-bond donors (Lipinski definition) is 3. The van der Waals surface area contributed by atoms with Gasteiger partial charge in [-0.05, 0) is 34.1 Å². The van der Waals surface area contributed by atoms with E-state index in [1.165, 1.54) is 17.1 Å². The summed E-state index contributed by atoms with van der Waals surface area (Å²) < 4.78 is 1.99. The van der Waals surface area contributed by atoms with Gasteiger partial charge in [-0.3, -0.25) is 14.3 Å². The zero-order chi connectivity index (χ0) is 14.7. The number of carbonyl (C=O) groups excluding carboxylic acids is 2. The first-order chi connectivity index (χ1) is 9.45. The molecular weight excluding hydrogens is 326 g/mol. The maximum atomic E-state index is 12.0. The summed E-state index contributed by atoms with van der Waals surface area (Å²) in [5.41, 5.74) is 12.2. The molecule has 1 heterocycles. The molecule has 104 valence electrons. The molecule has 8 heteroatoms. The number of nitrogens with zero attached hydrogens (tertiary/aromatic N) is 2. The second-order valence-corrected chi connectivity index (χ2v) is 4.94. The highest BCUT2D eigenvalue weighted by atomic mass is 79.9. The van der Waals surface area contributed by atoms with Crippen LogP contribution >= 0.6 is 15.9 Å². The smallest absolute Gasteiger partial charge is 0.255 e. The third kappa shape index (κ3) is 3.35. The summed E-state index contributed by atoms with van der Waals surface area (Å²) >= 11 is 3.26. The number of nitrogen functional groups attached to an aromatic ring is 1. The standard InChI is InChI=1S/C12H12BrN5O2/c13-9-3-7(1-2-10(9)14)12(20)17-8-4-16-18(5-8)6-11(15)19/h1-5H,6,14H2,(H2,15,19)(H,17,20). The number of amides is 2. The molecule has 20 heavy (non-hydrogen) atoms. The highest BCUT2D eigenvalue weighted by molar-refractivity contribution is 9.10. The van der Waals surface area contributed by atoms with Gasteiger partial charge in [-0.1, -0.05) is 0 Å². The number of rotatable bonds is 4. The Balaban J connectivity index is 2.09. The highest BCUT2D eigenvalue weighted by Crippen LogP contribution is 2.21. The van der Waals surface area contributed by atoms with Gasteiger partial charge in [0.05, 0.1) is 11.9 Å². The summed E-state index contributed by atoms with van der Waals surface area (Å²) in [5, 5.41) is 6.57. The molecule has 0 spiro atoms. The number of anilines is 2. The highest BCUT2D eigenvalue weighted by Gasteiger charge is 2.09. The Morgan fingerprint density at radius 2 is 2.15 bits per heavy atom. The maximum Gasteiger partial charge on any atom is 0.255 e. The van der Waals surface area contributed by atoms with E-state index >= 15 is 0 Å². The van der Waals surface area contributed by atoms with Gasteiger partial charge in [-0.15, -0.1) is 0 Å². The molecule has 0 aliphatic heterocycles. The molecule has 0 aliphatic carbocycles. The van der Waals surface area contributed by atoms with Gasteiger partial charge in [0, 0.05) is 21.9 Å². The van der Waals surface area contributed by atoms with Crippen LogP contribution in [-0.2, 0) is 11.3 Å². The Morgan fingerprint density at radius 3 is 2.80 bits per heavy atom. The zero-order valence-electron chi connectivity index (χ0n) is 10.3. The summed E-state index contributed by atoms with van der Waals surface area (Å²) in [6, 6.07) is 4.87. The van der Waals surface area contributed by atoms with E-state index in [9.17, 15) is 9.59 Å². The van der Waals surface area contributed by atoms with Crippen LogP contribution < -0.4 is 16.8 Å². The number of halogens is 1. The minimum absolute atomic E-state index is 0.0384. The molecular formula is C12H12BrN5O2. The van der Waals surface area contributed by atoms with Gasteiger partial charge in [0.25, 0.3) is 5.91 Å². The predicted molar refractivity (Wildman–Crippen MR) is 77.9 cm³/mol. The van der Waals surface area contributed by atoms with E-state index in [1.807, 2.05) is 0 Å². The lowest BCUT2D eigenvalue weighted by Gasteiger charge is -2.04. The summed E-state index contributed by atoms with van der Waals surface area (Å²) in [4.78, 5) is 22.8. The number of aromatic nitrogens is 2. The first kappa shape index (κ1) is 14.1. The van der Waals surface area contributed by atoms with E-state index in [0.717, 1.165) is 0 Å². The molecule has 0 fully saturated rings. The van der Waals surface area contributed by atoms with Crippen LogP contribution in [0.5, 0.6) is 0 Å². The molecule has 0 saturated heterocycles. The van der Waals surface area contributed by atoms with E-state index in [-0.39, 0.29) is 12.5 Å². The Bertz CT molecular complexity index is 668. The molecule has 0 saturated carbocycles. The summed E-state index contributed by atoms with van der Waals surface area (Å²) in [7, 11) is 0. The van der Waals surface area contributed by atoms with Gasteiger partial charge in [0.2, 0.25) is 5.91 Å². The van der Waals surface area contributed by atoms with Gasteiger partial charge in [-0.25, -0.2) is 0 Å². The van der Waals surface area contributed by atoms with Crippen LogP contribution in [0.25, 0.3) is 0 Å². The number of benzene rings is 1. The number of nitrogens with two attached hydrogens (primary N) is 2. The van der Waals surface area contributed by atoms with Crippen molar-refractivity contribution in [3.05, 3.63) is 40.6 Å². The van der Waals surface area contributed by atoms with Crippen molar-refractivity contribution >= 4 is 39.1 Å². The van der Waals surface area contributed by atoms with Crippen LogP contribution in [0.1, 0.15) is 10.4 Å². The van der Waals surface area contributed by atoms with E-state index in [1.54, 1.807) is 18.2 Å². The Labute approximate surface area is 123 Å². The number of carbonyl (C=O) groups is 2. The van der Waals surface area contributed by atoms with Crippen LogP contribution in [0.3, 0.4) is 0 Å². The van der Waals surface area contributed by atoms with E-state index in [0.29, 0.717) is 21.4 Å².